The maximum atomic E-state index is 6.44. The van der Waals surface area contributed by atoms with Gasteiger partial charge in [0.15, 0.2) is 0 Å². The second-order valence-electron chi connectivity index (χ2n) is 6.51. The quantitative estimate of drug-likeness (QED) is 0.807. The molecule has 100 valence electrons. The van der Waals surface area contributed by atoms with Crippen LogP contribution in [0.2, 0.25) is 0 Å². The Balaban J connectivity index is 1.71. The second kappa shape index (κ2) is 5.68. The van der Waals surface area contributed by atoms with Gasteiger partial charge in [0.1, 0.15) is 0 Å². The minimum atomic E-state index is 0.125. The highest BCUT2D eigenvalue weighted by atomic mass is 15.1. The first-order chi connectivity index (χ1) is 8.07. The highest BCUT2D eigenvalue weighted by molar-refractivity contribution is 4.91. The van der Waals surface area contributed by atoms with Gasteiger partial charge in [0, 0.05) is 18.6 Å². The standard InChI is InChI=1S/C14H29N3/c1-16-9-5-13(6-10-16)11-17(2)12-14(15)7-3-4-8-14/h13H,3-12,15H2,1-2H3. The van der Waals surface area contributed by atoms with E-state index < -0.39 is 0 Å². The van der Waals surface area contributed by atoms with Gasteiger partial charge >= 0.3 is 0 Å². The third-order valence-corrected chi connectivity index (χ3v) is 4.59. The average molecular weight is 239 g/mol. The Morgan fingerprint density at radius 2 is 1.82 bits per heavy atom. The summed E-state index contributed by atoms with van der Waals surface area (Å²) in [6, 6.07) is 0. The molecule has 1 aliphatic carbocycles. The van der Waals surface area contributed by atoms with E-state index in [2.05, 4.69) is 23.9 Å². The highest BCUT2D eigenvalue weighted by Crippen LogP contribution is 2.28. The van der Waals surface area contributed by atoms with Gasteiger partial charge in [-0.15, -0.1) is 0 Å². The zero-order chi connectivity index (χ0) is 12.3. The van der Waals surface area contributed by atoms with Crippen LogP contribution in [0.4, 0.5) is 0 Å². The number of rotatable bonds is 4. The van der Waals surface area contributed by atoms with Crippen LogP contribution in [0.15, 0.2) is 0 Å². The summed E-state index contributed by atoms with van der Waals surface area (Å²) in [6.07, 6.45) is 7.84. The zero-order valence-electron chi connectivity index (χ0n) is 11.6. The monoisotopic (exact) mass is 239 g/mol. The van der Waals surface area contributed by atoms with E-state index in [1.54, 1.807) is 0 Å². The number of likely N-dealkylation sites (N-methyl/N-ethyl adjacent to an activating group) is 1. The molecular weight excluding hydrogens is 210 g/mol. The molecular formula is C14H29N3. The molecule has 0 spiro atoms. The van der Waals surface area contributed by atoms with Gasteiger partial charge in [-0.3, -0.25) is 0 Å². The van der Waals surface area contributed by atoms with E-state index in [0.717, 1.165) is 12.5 Å². The van der Waals surface area contributed by atoms with Gasteiger partial charge in [0.05, 0.1) is 0 Å². The summed E-state index contributed by atoms with van der Waals surface area (Å²) >= 11 is 0. The fourth-order valence-corrected chi connectivity index (χ4v) is 3.52. The summed E-state index contributed by atoms with van der Waals surface area (Å²) in [5.74, 6) is 0.890. The molecule has 2 aliphatic rings. The Hall–Kier alpha value is -0.120. The van der Waals surface area contributed by atoms with E-state index in [9.17, 15) is 0 Å². The van der Waals surface area contributed by atoms with Crippen LogP contribution in [0.1, 0.15) is 38.5 Å². The van der Waals surface area contributed by atoms with Crippen LogP contribution in [-0.4, -0.2) is 55.6 Å². The number of likely N-dealkylation sites (tertiary alicyclic amines) is 1. The van der Waals surface area contributed by atoms with E-state index in [-0.39, 0.29) is 5.54 Å². The van der Waals surface area contributed by atoms with Gasteiger partial charge in [-0.1, -0.05) is 12.8 Å². The molecule has 3 nitrogen and oxygen atoms in total. The summed E-state index contributed by atoms with van der Waals surface area (Å²) in [4.78, 5) is 4.93. The van der Waals surface area contributed by atoms with E-state index in [4.69, 9.17) is 5.73 Å². The van der Waals surface area contributed by atoms with Crippen molar-refractivity contribution in [2.75, 3.05) is 40.3 Å². The van der Waals surface area contributed by atoms with Crippen molar-refractivity contribution in [3.8, 4) is 0 Å². The molecule has 2 N–H and O–H groups in total. The topological polar surface area (TPSA) is 32.5 Å². The minimum Gasteiger partial charge on any atom is -0.324 e. The van der Waals surface area contributed by atoms with Crippen molar-refractivity contribution in [2.24, 2.45) is 11.7 Å². The van der Waals surface area contributed by atoms with Gasteiger partial charge in [0.2, 0.25) is 0 Å². The summed E-state index contributed by atoms with van der Waals surface area (Å²) < 4.78 is 0. The molecule has 0 radical (unpaired) electrons. The van der Waals surface area contributed by atoms with Crippen LogP contribution in [0, 0.1) is 5.92 Å². The molecule has 1 saturated heterocycles. The van der Waals surface area contributed by atoms with Gasteiger partial charge in [-0.2, -0.15) is 0 Å². The van der Waals surface area contributed by atoms with Gasteiger partial charge < -0.3 is 15.5 Å². The van der Waals surface area contributed by atoms with Crippen molar-refractivity contribution in [3.05, 3.63) is 0 Å². The molecule has 0 unspecified atom stereocenters. The minimum absolute atomic E-state index is 0.125. The van der Waals surface area contributed by atoms with Crippen LogP contribution < -0.4 is 5.73 Å². The summed E-state index contributed by atoms with van der Waals surface area (Å²) in [5, 5.41) is 0. The normalized spacial score (nSPS) is 26.8. The lowest BCUT2D eigenvalue weighted by molar-refractivity contribution is 0.159. The summed E-state index contributed by atoms with van der Waals surface area (Å²) in [7, 11) is 4.48. The van der Waals surface area contributed by atoms with Gasteiger partial charge in [0.25, 0.3) is 0 Å². The molecule has 2 fully saturated rings. The number of hydrogen-bond acceptors (Lipinski definition) is 3. The number of nitrogens with two attached hydrogens (primary N) is 1. The second-order valence-corrected chi connectivity index (χ2v) is 6.51. The third-order valence-electron chi connectivity index (χ3n) is 4.59. The number of piperidine rings is 1. The van der Waals surface area contributed by atoms with Gasteiger partial charge in [-0.25, -0.2) is 0 Å². The predicted molar refractivity (Wildman–Crippen MR) is 73.1 cm³/mol. The smallest absolute Gasteiger partial charge is 0.0283 e. The van der Waals surface area contributed by atoms with Gasteiger partial charge in [-0.05, 0) is 58.8 Å². The first-order valence-corrected chi connectivity index (χ1v) is 7.23. The van der Waals surface area contributed by atoms with Crippen molar-refractivity contribution in [1.82, 2.24) is 9.80 Å². The van der Waals surface area contributed by atoms with Crippen LogP contribution >= 0.6 is 0 Å². The third kappa shape index (κ3) is 3.94. The van der Waals surface area contributed by atoms with Crippen LogP contribution in [0.3, 0.4) is 0 Å². The zero-order valence-corrected chi connectivity index (χ0v) is 11.6. The predicted octanol–water partition coefficient (Wildman–Crippen LogP) is 1.53. The maximum Gasteiger partial charge on any atom is 0.0283 e. The molecule has 17 heavy (non-hydrogen) atoms. The average Bonchev–Trinajstić information content (AvgIpc) is 2.68. The molecule has 0 aromatic heterocycles. The van der Waals surface area contributed by atoms with E-state index in [1.807, 2.05) is 0 Å². The molecule has 1 saturated carbocycles. The molecule has 2 rings (SSSR count). The summed E-state index contributed by atoms with van der Waals surface area (Å²) in [6.45, 7) is 4.88. The maximum absolute atomic E-state index is 6.44. The Bertz CT molecular complexity index is 228. The van der Waals surface area contributed by atoms with Crippen molar-refractivity contribution in [2.45, 2.75) is 44.1 Å². The SMILES string of the molecule is CN1CCC(CN(C)CC2(N)CCCC2)CC1. The lowest BCUT2D eigenvalue weighted by Gasteiger charge is -2.35. The first-order valence-electron chi connectivity index (χ1n) is 7.23. The largest absolute Gasteiger partial charge is 0.324 e. The molecule has 1 heterocycles. The molecule has 0 aromatic rings. The molecule has 1 aliphatic heterocycles. The Morgan fingerprint density at radius 1 is 1.24 bits per heavy atom. The first kappa shape index (κ1) is 13.3. The fourth-order valence-electron chi connectivity index (χ4n) is 3.52. The lowest BCUT2D eigenvalue weighted by Crippen LogP contribution is -2.48. The molecule has 0 atom stereocenters. The molecule has 0 amide bonds. The molecule has 0 aromatic carbocycles. The Labute approximate surface area is 106 Å². The van der Waals surface area contributed by atoms with Crippen molar-refractivity contribution < 1.29 is 0 Å². The molecule has 0 bridgehead atoms. The molecule has 3 heteroatoms. The van der Waals surface area contributed by atoms with E-state index in [1.165, 1.54) is 58.2 Å². The van der Waals surface area contributed by atoms with Crippen LogP contribution in [0.5, 0.6) is 0 Å². The highest BCUT2D eigenvalue weighted by Gasteiger charge is 2.31. The lowest BCUT2D eigenvalue weighted by atomic mass is 9.94. The van der Waals surface area contributed by atoms with E-state index in [0.29, 0.717) is 0 Å². The van der Waals surface area contributed by atoms with E-state index >= 15 is 0 Å². The fraction of sp³-hybridized carbons (Fsp3) is 1.00. The van der Waals surface area contributed by atoms with Crippen molar-refractivity contribution in [3.63, 3.8) is 0 Å². The van der Waals surface area contributed by atoms with Crippen molar-refractivity contribution in [1.29, 1.82) is 0 Å². The van der Waals surface area contributed by atoms with Crippen molar-refractivity contribution >= 4 is 0 Å². The Morgan fingerprint density at radius 3 is 2.41 bits per heavy atom. The van der Waals surface area contributed by atoms with Crippen LogP contribution in [0.25, 0.3) is 0 Å². The van der Waals surface area contributed by atoms with Crippen LogP contribution in [-0.2, 0) is 0 Å². The Kier molecular flexibility index (Phi) is 4.45. The number of nitrogens with zero attached hydrogens (tertiary/aromatic N) is 2. The summed E-state index contributed by atoms with van der Waals surface area (Å²) in [5.41, 5.74) is 6.56. The number of hydrogen-bond donors (Lipinski definition) is 1.